The smallest absolute Gasteiger partial charge is 0.335 e. The van der Waals surface area contributed by atoms with Crippen LogP contribution in [-0.2, 0) is 9.47 Å². The van der Waals surface area contributed by atoms with Crippen LogP contribution < -0.4 is 4.74 Å². The van der Waals surface area contributed by atoms with Crippen molar-refractivity contribution in [2.45, 2.75) is 0 Å². The molecule has 1 aromatic rings. The summed E-state index contributed by atoms with van der Waals surface area (Å²) in [7, 11) is 1.60. The fourth-order valence-corrected chi connectivity index (χ4v) is 1.44. The number of carboxylic acids is 1. The van der Waals surface area contributed by atoms with Gasteiger partial charge in [0.15, 0.2) is 0 Å². The number of carbonyl (C=O) groups is 1. The van der Waals surface area contributed by atoms with E-state index in [4.69, 9.17) is 30.9 Å². The number of hydrogen-bond donors (Lipinski definition) is 1. The molecular weight excluding hydrogens is 260 g/mol. The van der Waals surface area contributed by atoms with Crippen molar-refractivity contribution in [1.29, 1.82) is 0 Å². The first-order valence-electron chi connectivity index (χ1n) is 5.37. The molecule has 0 bridgehead atoms. The van der Waals surface area contributed by atoms with Crippen molar-refractivity contribution in [3.05, 3.63) is 28.8 Å². The summed E-state index contributed by atoms with van der Waals surface area (Å²) in [5.41, 5.74) is 0.128. The topological polar surface area (TPSA) is 65.0 Å². The van der Waals surface area contributed by atoms with Crippen LogP contribution in [0.5, 0.6) is 5.75 Å². The monoisotopic (exact) mass is 274 g/mol. The van der Waals surface area contributed by atoms with Crippen LogP contribution in [0.4, 0.5) is 0 Å². The van der Waals surface area contributed by atoms with Crippen molar-refractivity contribution in [1.82, 2.24) is 0 Å². The molecule has 0 unspecified atom stereocenters. The van der Waals surface area contributed by atoms with E-state index in [-0.39, 0.29) is 10.6 Å². The lowest BCUT2D eigenvalue weighted by Crippen LogP contribution is -2.10. The Labute approximate surface area is 110 Å². The molecule has 1 N–H and O–H groups in total. The Morgan fingerprint density at radius 2 is 2.00 bits per heavy atom. The summed E-state index contributed by atoms with van der Waals surface area (Å²) in [6, 6.07) is 4.32. The van der Waals surface area contributed by atoms with Gasteiger partial charge in [-0.3, -0.25) is 0 Å². The highest BCUT2D eigenvalue weighted by Gasteiger charge is 2.07. The molecule has 0 fully saturated rings. The standard InChI is InChI=1S/C12H15ClO5/c1-16-4-5-17-6-7-18-11-3-2-9(12(14)15)8-10(11)13/h2-3,8H,4-7H2,1H3,(H,14,15). The molecule has 6 heteroatoms. The van der Waals surface area contributed by atoms with Gasteiger partial charge in [0.1, 0.15) is 12.4 Å². The average molecular weight is 275 g/mol. The molecular formula is C12H15ClO5. The van der Waals surface area contributed by atoms with Crippen molar-refractivity contribution in [3.8, 4) is 5.75 Å². The van der Waals surface area contributed by atoms with Crippen molar-refractivity contribution in [2.24, 2.45) is 0 Å². The highest BCUT2D eigenvalue weighted by Crippen LogP contribution is 2.25. The number of methoxy groups -OCH3 is 1. The molecule has 100 valence electrons. The lowest BCUT2D eigenvalue weighted by molar-refractivity contribution is 0.0544. The highest BCUT2D eigenvalue weighted by atomic mass is 35.5. The summed E-state index contributed by atoms with van der Waals surface area (Å²) in [6.07, 6.45) is 0. The first-order valence-corrected chi connectivity index (χ1v) is 5.75. The molecule has 0 aromatic heterocycles. The summed E-state index contributed by atoms with van der Waals surface area (Å²) in [4.78, 5) is 10.7. The maximum absolute atomic E-state index is 10.7. The van der Waals surface area contributed by atoms with E-state index in [1.165, 1.54) is 18.2 Å². The van der Waals surface area contributed by atoms with E-state index in [0.29, 0.717) is 32.2 Å². The van der Waals surface area contributed by atoms with Gasteiger partial charge in [-0.15, -0.1) is 0 Å². The predicted octanol–water partition coefficient (Wildman–Crippen LogP) is 2.08. The Kier molecular flexibility index (Phi) is 6.49. The molecule has 0 aliphatic carbocycles. The first-order chi connectivity index (χ1) is 8.65. The highest BCUT2D eigenvalue weighted by molar-refractivity contribution is 6.32. The Hall–Kier alpha value is -1.30. The SMILES string of the molecule is COCCOCCOc1ccc(C(=O)O)cc1Cl. The second kappa shape index (κ2) is 7.92. The average Bonchev–Trinajstić information content (AvgIpc) is 2.35. The number of ether oxygens (including phenoxy) is 3. The first kappa shape index (κ1) is 14.8. The lowest BCUT2D eigenvalue weighted by atomic mass is 10.2. The molecule has 0 atom stereocenters. The van der Waals surface area contributed by atoms with Crippen LogP contribution in [0.2, 0.25) is 5.02 Å². The molecule has 0 aliphatic heterocycles. The minimum absolute atomic E-state index is 0.128. The zero-order valence-electron chi connectivity index (χ0n) is 10.0. The minimum atomic E-state index is -1.02. The van der Waals surface area contributed by atoms with E-state index in [1.807, 2.05) is 0 Å². The Morgan fingerprint density at radius 1 is 1.28 bits per heavy atom. The normalized spacial score (nSPS) is 10.3. The maximum atomic E-state index is 10.7. The molecule has 0 saturated carbocycles. The van der Waals surface area contributed by atoms with Gasteiger partial charge in [0.2, 0.25) is 0 Å². The zero-order valence-corrected chi connectivity index (χ0v) is 10.8. The molecule has 18 heavy (non-hydrogen) atoms. The van der Waals surface area contributed by atoms with E-state index < -0.39 is 5.97 Å². The molecule has 0 amide bonds. The molecule has 0 aliphatic rings. The van der Waals surface area contributed by atoms with Crippen LogP contribution in [-0.4, -0.2) is 44.6 Å². The quantitative estimate of drug-likeness (QED) is 0.735. The number of aromatic carboxylic acids is 1. The van der Waals surface area contributed by atoms with Crippen molar-refractivity contribution in [2.75, 3.05) is 33.5 Å². The lowest BCUT2D eigenvalue weighted by Gasteiger charge is -2.09. The van der Waals surface area contributed by atoms with Crippen molar-refractivity contribution < 1.29 is 24.1 Å². The van der Waals surface area contributed by atoms with Gasteiger partial charge in [0.05, 0.1) is 30.4 Å². The number of halogens is 1. The third-order valence-corrected chi connectivity index (χ3v) is 2.39. The van der Waals surface area contributed by atoms with Gasteiger partial charge in [-0.2, -0.15) is 0 Å². The molecule has 5 nitrogen and oxygen atoms in total. The van der Waals surface area contributed by atoms with E-state index in [9.17, 15) is 4.79 Å². The van der Waals surface area contributed by atoms with Gasteiger partial charge in [0.25, 0.3) is 0 Å². The maximum Gasteiger partial charge on any atom is 0.335 e. The van der Waals surface area contributed by atoms with Crippen LogP contribution in [0.1, 0.15) is 10.4 Å². The minimum Gasteiger partial charge on any atom is -0.490 e. The molecule has 1 aromatic carbocycles. The number of benzene rings is 1. The molecule has 0 heterocycles. The second-order valence-corrected chi connectivity index (χ2v) is 3.81. The van der Waals surface area contributed by atoms with Gasteiger partial charge in [-0.25, -0.2) is 4.79 Å². The van der Waals surface area contributed by atoms with Gasteiger partial charge >= 0.3 is 5.97 Å². The molecule has 0 spiro atoms. The number of hydrogen-bond acceptors (Lipinski definition) is 4. The van der Waals surface area contributed by atoms with E-state index in [0.717, 1.165) is 0 Å². The Bertz CT molecular complexity index is 394. The number of carboxylic acid groups (broad SMARTS) is 1. The molecule has 0 saturated heterocycles. The fraction of sp³-hybridized carbons (Fsp3) is 0.417. The summed E-state index contributed by atoms with van der Waals surface area (Å²) in [5, 5.41) is 9.04. The van der Waals surface area contributed by atoms with Gasteiger partial charge in [-0.1, -0.05) is 11.6 Å². The summed E-state index contributed by atoms with van der Waals surface area (Å²) < 4.78 is 15.4. The van der Waals surface area contributed by atoms with E-state index >= 15 is 0 Å². The van der Waals surface area contributed by atoms with E-state index in [1.54, 1.807) is 7.11 Å². The van der Waals surface area contributed by atoms with Crippen LogP contribution >= 0.6 is 11.6 Å². The van der Waals surface area contributed by atoms with Crippen molar-refractivity contribution in [3.63, 3.8) is 0 Å². The van der Waals surface area contributed by atoms with Gasteiger partial charge in [0, 0.05) is 7.11 Å². The largest absolute Gasteiger partial charge is 0.490 e. The summed E-state index contributed by atoms with van der Waals surface area (Å²) in [5.74, 6) is -0.580. The summed E-state index contributed by atoms with van der Waals surface area (Å²) >= 11 is 5.89. The zero-order chi connectivity index (χ0) is 13.4. The predicted molar refractivity (Wildman–Crippen MR) is 66.6 cm³/mol. The van der Waals surface area contributed by atoms with Crippen LogP contribution in [0.3, 0.4) is 0 Å². The van der Waals surface area contributed by atoms with E-state index in [2.05, 4.69) is 0 Å². The van der Waals surface area contributed by atoms with Gasteiger partial charge in [-0.05, 0) is 18.2 Å². The Morgan fingerprint density at radius 3 is 2.61 bits per heavy atom. The van der Waals surface area contributed by atoms with Crippen molar-refractivity contribution >= 4 is 17.6 Å². The van der Waals surface area contributed by atoms with Crippen LogP contribution in [0.25, 0.3) is 0 Å². The Balaban J connectivity index is 2.36. The fourth-order valence-electron chi connectivity index (χ4n) is 1.21. The molecule has 0 radical (unpaired) electrons. The summed E-state index contributed by atoms with van der Waals surface area (Å²) in [6.45, 7) is 1.80. The molecule has 1 rings (SSSR count). The third-order valence-electron chi connectivity index (χ3n) is 2.10. The number of rotatable bonds is 8. The van der Waals surface area contributed by atoms with Crippen LogP contribution in [0, 0.1) is 0 Å². The third kappa shape index (κ3) is 4.91. The van der Waals surface area contributed by atoms with Gasteiger partial charge < -0.3 is 19.3 Å². The van der Waals surface area contributed by atoms with Crippen LogP contribution in [0.15, 0.2) is 18.2 Å². The second-order valence-electron chi connectivity index (χ2n) is 3.40.